The Morgan fingerprint density at radius 3 is 2.64 bits per heavy atom. The van der Waals surface area contributed by atoms with Gasteiger partial charge < -0.3 is 19.9 Å². The van der Waals surface area contributed by atoms with Gasteiger partial charge in [-0.15, -0.1) is 0 Å². The van der Waals surface area contributed by atoms with E-state index in [4.69, 9.17) is 27.9 Å². The molecular weight excluding hydrogens is 434 g/mol. The van der Waals surface area contributed by atoms with Crippen LogP contribution in [0.2, 0.25) is 5.02 Å². The van der Waals surface area contributed by atoms with Crippen molar-refractivity contribution in [1.82, 2.24) is 10.3 Å². The van der Waals surface area contributed by atoms with Gasteiger partial charge in [-0.2, -0.15) is 0 Å². The molecule has 0 saturated carbocycles. The maximum Gasteiger partial charge on any atom is 0.205 e. The highest BCUT2D eigenvalue weighted by Crippen LogP contribution is 2.46. The molecule has 7 heteroatoms. The second-order valence-electron chi connectivity index (χ2n) is 9.83. The summed E-state index contributed by atoms with van der Waals surface area (Å²) in [5, 5.41) is 3.92. The summed E-state index contributed by atoms with van der Waals surface area (Å²) in [7, 11) is 0. The molecule has 3 saturated heterocycles. The zero-order chi connectivity index (χ0) is 22.8. The summed E-state index contributed by atoms with van der Waals surface area (Å²) in [6, 6.07) is 10.5. The molecule has 1 aromatic carbocycles. The van der Waals surface area contributed by atoms with Crippen LogP contribution in [-0.2, 0) is 0 Å². The number of rotatable bonds is 4. The zero-order valence-corrected chi connectivity index (χ0v) is 20.0. The van der Waals surface area contributed by atoms with Gasteiger partial charge in [-0.25, -0.2) is 9.83 Å². The van der Waals surface area contributed by atoms with Crippen molar-refractivity contribution in [2.45, 2.75) is 51.2 Å². The molecule has 174 valence electrons. The highest BCUT2D eigenvalue weighted by atomic mass is 35.5. The van der Waals surface area contributed by atoms with Crippen molar-refractivity contribution >= 4 is 28.8 Å². The lowest BCUT2D eigenvalue weighted by atomic mass is 9.77. The van der Waals surface area contributed by atoms with Gasteiger partial charge in [-0.3, -0.25) is 0 Å². The molecule has 1 spiro atoms. The Labute approximate surface area is 201 Å². The summed E-state index contributed by atoms with van der Waals surface area (Å²) in [6.45, 7) is 14.7. The predicted molar refractivity (Wildman–Crippen MR) is 134 cm³/mol. The minimum atomic E-state index is 0.300. The number of aromatic nitrogens is 1. The van der Waals surface area contributed by atoms with E-state index in [1.807, 2.05) is 24.4 Å². The van der Waals surface area contributed by atoms with Gasteiger partial charge in [0.05, 0.1) is 12.8 Å². The van der Waals surface area contributed by atoms with Crippen LogP contribution in [0.3, 0.4) is 0 Å². The summed E-state index contributed by atoms with van der Waals surface area (Å²) in [5.41, 5.74) is 1.99. The average Bonchev–Trinajstić information content (AvgIpc) is 3.16. The Balaban J connectivity index is 1.19. The molecule has 1 N–H and O–H groups in total. The van der Waals surface area contributed by atoms with E-state index in [0.717, 1.165) is 75.7 Å². The molecule has 0 unspecified atom stereocenters. The largest absolute Gasteiger partial charge is 0.489 e. The van der Waals surface area contributed by atoms with Gasteiger partial charge in [0.15, 0.2) is 0 Å². The highest BCUT2D eigenvalue weighted by molar-refractivity contribution is 6.33. The molecule has 0 amide bonds. The Morgan fingerprint density at radius 1 is 1.18 bits per heavy atom. The van der Waals surface area contributed by atoms with E-state index >= 15 is 0 Å². The van der Waals surface area contributed by atoms with Crippen LogP contribution in [0.4, 0.5) is 17.2 Å². The van der Waals surface area contributed by atoms with E-state index in [1.54, 1.807) is 0 Å². The van der Waals surface area contributed by atoms with Crippen LogP contribution in [0.25, 0.3) is 4.85 Å². The van der Waals surface area contributed by atoms with Crippen molar-refractivity contribution in [2.24, 2.45) is 5.41 Å². The lowest BCUT2D eigenvalue weighted by Crippen LogP contribution is -2.42. The minimum absolute atomic E-state index is 0.300. The molecule has 0 aliphatic carbocycles. The van der Waals surface area contributed by atoms with E-state index in [9.17, 15) is 0 Å². The van der Waals surface area contributed by atoms with E-state index in [2.05, 4.69) is 39.0 Å². The molecule has 1 aromatic heterocycles. The minimum Gasteiger partial charge on any atom is -0.489 e. The van der Waals surface area contributed by atoms with Crippen LogP contribution in [0.1, 0.15) is 39.0 Å². The van der Waals surface area contributed by atoms with Crippen LogP contribution < -0.4 is 19.9 Å². The summed E-state index contributed by atoms with van der Waals surface area (Å²) in [5.74, 6) is 1.93. The van der Waals surface area contributed by atoms with Crippen LogP contribution in [0.15, 0.2) is 36.5 Å². The fourth-order valence-electron chi connectivity index (χ4n) is 5.74. The third kappa shape index (κ3) is 4.76. The summed E-state index contributed by atoms with van der Waals surface area (Å²) < 4.78 is 6.11. The molecule has 33 heavy (non-hydrogen) atoms. The van der Waals surface area contributed by atoms with Crippen molar-refractivity contribution in [1.29, 1.82) is 0 Å². The molecular formula is C26H32ClN5O. The molecule has 3 fully saturated rings. The van der Waals surface area contributed by atoms with Crippen molar-refractivity contribution in [3.8, 4) is 5.75 Å². The summed E-state index contributed by atoms with van der Waals surface area (Å²) in [6.07, 6.45) is 7.82. The molecule has 6 nitrogen and oxygen atoms in total. The van der Waals surface area contributed by atoms with Crippen molar-refractivity contribution in [2.75, 3.05) is 42.5 Å². The standard InChI is InChI=1S/C26H32ClN5O/c1-19-16-26(18-32(19)20-3-5-24(28-2)23(27)15-20)9-13-31(14-10-26)25-6-4-22(17-30-25)33-21-7-11-29-12-8-21/h3-6,15,17,19,21,29H,7-14,16,18H2,1H3/t19-/m0/s1. The smallest absolute Gasteiger partial charge is 0.205 e. The lowest BCUT2D eigenvalue weighted by Gasteiger charge is -2.40. The number of nitrogens with one attached hydrogen (secondary N) is 1. The fraction of sp³-hybridized carbons (Fsp3) is 0.538. The van der Waals surface area contributed by atoms with Crippen LogP contribution >= 0.6 is 11.6 Å². The Morgan fingerprint density at radius 2 is 1.97 bits per heavy atom. The molecule has 1 atom stereocenters. The zero-order valence-electron chi connectivity index (χ0n) is 19.3. The average molecular weight is 466 g/mol. The van der Waals surface area contributed by atoms with Gasteiger partial charge in [0.25, 0.3) is 0 Å². The normalized spacial score (nSPS) is 23.0. The SMILES string of the molecule is [C-]#[N+]c1ccc(N2CC3(CCN(c4ccc(OC5CCNCC5)cn4)CC3)C[C@@H]2C)cc1Cl. The van der Waals surface area contributed by atoms with Gasteiger partial charge in [0.2, 0.25) is 5.69 Å². The number of pyridine rings is 1. The topological polar surface area (TPSA) is 45.0 Å². The first-order valence-corrected chi connectivity index (χ1v) is 12.5. The second kappa shape index (κ2) is 9.40. The number of ether oxygens (including phenoxy) is 1. The fourth-order valence-corrected chi connectivity index (χ4v) is 5.95. The first kappa shape index (κ1) is 22.3. The number of piperidine rings is 2. The maximum absolute atomic E-state index is 7.23. The molecule has 5 rings (SSSR count). The summed E-state index contributed by atoms with van der Waals surface area (Å²) in [4.78, 5) is 13.1. The van der Waals surface area contributed by atoms with Crippen molar-refractivity contribution in [3.63, 3.8) is 0 Å². The highest BCUT2D eigenvalue weighted by Gasteiger charge is 2.44. The number of hydrogen-bond donors (Lipinski definition) is 1. The van der Waals surface area contributed by atoms with Gasteiger partial charge in [-0.05, 0) is 81.8 Å². The molecule has 2 aromatic rings. The van der Waals surface area contributed by atoms with Gasteiger partial charge in [0, 0.05) is 36.4 Å². The molecule has 0 radical (unpaired) electrons. The van der Waals surface area contributed by atoms with E-state index < -0.39 is 0 Å². The molecule has 3 aliphatic rings. The van der Waals surface area contributed by atoms with Crippen LogP contribution in [0.5, 0.6) is 5.75 Å². The number of hydrogen-bond acceptors (Lipinski definition) is 5. The van der Waals surface area contributed by atoms with E-state index in [1.165, 1.54) is 6.42 Å². The molecule has 0 bridgehead atoms. The Kier molecular flexibility index (Phi) is 6.36. The predicted octanol–water partition coefficient (Wildman–Crippen LogP) is 5.30. The Hall–Kier alpha value is -2.49. The first-order valence-electron chi connectivity index (χ1n) is 12.1. The second-order valence-corrected chi connectivity index (χ2v) is 10.2. The van der Waals surface area contributed by atoms with Gasteiger partial charge >= 0.3 is 0 Å². The van der Waals surface area contributed by atoms with Gasteiger partial charge in [-0.1, -0.05) is 17.7 Å². The number of halogens is 1. The van der Waals surface area contributed by atoms with Gasteiger partial charge in [0.1, 0.15) is 17.7 Å². The quantitative estimate of drug-likeness (QED) is 0.620. The van der Waals surface area contributed by atoms with E-state index in [-0.39, 0.29) is 0 Å². The number of anilines is 2. The van der Waals surface area contributed by atoms with Crippen LogP contribution in [-0.4, -0.2) is 49.9 Å². The summed E-state index contributed by atoms with van der Waals surface area (Å²) >= 11 is 6.32. The third-order valence-corrected chi connectivity index (χ3v) is 7.91. The number of nitrogens with zero attached hydrogens (tertiary/aromatic N) is 4. The lowest BCUT2D eigenvalue weighted by molar-refractivity contribution is 0.162. The molecule has 4 heterocycles. The first-order chi connectivity index (χ1) is 16.0. The Bertz CT molecular complexity index is 1010. The third-order valence-electron chi connectivity index (χ3n) is 7.61. The molecule has 3 aliphatic heterocycles. The van der Waals surface area contributed by atoms with Crippen molar-refractivity contribution in [3.05, 3.63) is 53.0 Å². The monoisotopic (exact) mass is 465 g/mol. The van der Waals surface area contributed by atoms with Crippen molar-refractivity contribution < 1.29 is 4.74 Å². The maximum atomic E-state index is 7.23. The van der Waals surface area contributed by atoms with E-state index in [0.29, 0.717) is 28.3 Å². The van der Waals surface area contributed by atoms with Crippen LogP contribution in [0, 0.1) is 12.0 Å². The number of benzene rings is 1.